The summed E-state index contributed by atoms with van der Waals surface area (Å²) >= 11 is 0. The molecule has 0 amide bonds. The number of nitrogens with zero attached hydrogens (tertiary/aromatic N) is 1. The van der Waals surface area contributed by atoms with Crippen molar-refractivity contribution in [2.45, 2.75) is 57.0 Å². The summed E-state index contributed by atoms with van der Waals surface area (Å²) in [5.41, 5.74) is 7.18. The van der Waals surface area contributed by atoms with Gasteiger partial charge in [-0.05, 0) is 62.3 Å². The van der Waals surface area contributed by atoms with Crippen LogP contribution in [0.3, 0.4) is 0 Å². The minimum Gasteiger partial charge on any atom is -0.324 e. The Labute approximate surface area is 127 Å². The van der Waals surface area contributed by atoms with Crippen LogP contribution in [0.2, 0.25) is 0 Å². The third-order valence-electron chi connectivity index (χ3n) is 5.36. The highest BCUT2D eigenvalue weighted by Crippen LogP contribution is 2.35. The maximum atomic E-state index is 13.3. The van der Waals surface area contributed by atoms with Crippen LogP contribution in [0.1, 0.15) is 56.6 Å². The number of nitrogens with two attached hydrogens (primary N) is 1. The summed E-state index contributed by atoms with van der Waals surface area (Å²) < 4.78 is 13.3. The Bertz CT molecular complexity index is 460. The molecule has 0 spiro atoms. The number of benzene rings is 1. The molecule has 2 aliphatic rings. The minimum absolute atomic E-state index is 0.0512. The van der Waals surface area contributed by atoms with Gasteiger partial charge in [0.1, 0.15) is 5.82 Å². The largest absolute Gasteiger partial charge is 0.324 e. The Hall–Kier alpha value is -0.930. The zero-order valence-corrected chi connectivity index (χ0v) is 12.8. The fraction of sp³-hybridized carbons (Fsp3) is 0.667. The molecule has 116 valence electrons. The topological polar surface area (TPSA) is 29.3 Å². The van der Waals surface area contributed by atoms with Gasteiger partial charge in [0.05, 0.1) is 0 Å². The molecule has 21 heavy (non-hydrogen) atoms. The second kappa shape index (κ2) is 6.89. The fourth-order valence-electron chi connectivity index (χ4n) is 4.21. The summed E-state index contributed by atoms with van der Waals surface area (Å²) in [4.78, 5) is 2.66. The van der Waals surface area contributed by atoms with E-state index in [4.69, 9.17) is 5.73 Å². The second-order valence-corrected chi connectivity index (χ2v) is 6.74. The van der Waals surface area contributed by atoms with Gasteiger partial charge < -0.3 is 10.6 Å². The van der Waals surface area contributed by atoms with Crippen LogP contribution in [0.4, 0.5) is 4.39 Å². The fourth-order valence-corrected chi connectivity index (χ4v) is 4.21. The molecule has 2 fully saturated rings. The van der Waals surface area contributed by atoms with E-state index in [-0.39, 0.29) is 11.9 Å². The standard InChI is InChI=1S/C18H27FN2/c19-16-8-3-6-15(13-16)17(20)10-12-21-11-4-7-14-5-1-2-9-18(14)21/h3,6,8,13-14,17-18H,1-2,4-5,7,9-12,20H2. The number of fused-ring (bicyclic) bond motifs is 1. The van der Waals surface area contributed by atoms with Crippen LogP contribution >= 0.6 is 0 Å². The summed E-state index contributed by atoms with van der Waals surface area (Å²) in [5.74, 6) is 0.728. The van der Waals surface area contributed by atoms with Crippen molar-refractivity contribution in [3.05, 3.63) is 35.6 Å². The molecule has 1 saturated heterocycles. The molecule has 1 aliphatic carbocycles. The van der Waals surface area contributed by atoms with Crippen molar-refractivity contribution in [2.24, 2.45) is 11.7 Å². The molecular formula is C18H27FN2. The molecule has 1 aliphatic heterocycles. The molecule has 1 aromatic rings. The van der Waals surface area contributed by atoms with Gasteiger partial charge in [0.15, 0.2) is 0 Å². The summed E-state index contributed by atoms with van der Waals surface area (Å²) in [7, 11) is 0. The molecule has 0 bridgehead atoms. The van der Waals surface area contributed by atoms with E-state index in [1.165, 1.54) is 51.1 Å². The molecule has 3 heteroatoms. The molecule has 0 aromatic heterocycles. The number of halogens is 1. The van der Waals surface area contributed by atoms with Crippen molar-refractivity contribution in [1.82, 2.24) is 4.90 Å². The summed E-state index contributed by atoms with van der Waals surface area (Å²) in [5, 5.41) is 0. The van der Waals surface area contributed by atoms with Crippen LogP contribution in [-0.4, -0.2) is 24.0 Å². The summed E-state index contributed by atoms with van der Waals surface area (Å²) in [6.45, 7) is 2.27. The van der Waals surface area contributed by atoms with E-state index in [1.807, 2.05) is 6.07 Å². The number of piperidine rings is 1. The number of hydrogen-bond donors (Lipinski definition) is 1. The molecule has 1 saturated carbocycles. The third-order valence-corrected chi connectivity index (χ3v) is 5.36. The Morgan fingerprint density at radius 3 is 2.86 bits per heavy atom. The first-order valence-corrected chi connectivity index (χ1v) is 8.49. The SMILES string of the molecule is NC(CCN1CCCC2CCCCC21)c1cccc(F)c1. The van der Waals surface area contributed by atoms with Crippen molar-refractivity contribution < 1.29 is 4.39 Å². The Morgan fingerprint density at radius 1 is 1.19 bits per heavy atom. The Balaban J connectivity index is 1.56. The van der Waals surface area contributed by atoms with Crippen molar-refractivity contribution in [3.63, 3.8) is 0 Å². The van der Waals surface area contributed by atoms with Crippen LogP contribution in [-0.2, 0) is 0 Å². The predicted octanol–water partition coefficient (Wildman–Crippen LogP) is 3.87. The smallest absolute Gasteiger partial charge is 0.123 e. The van der Waals surface area contributed by atoms with E-state index < -0.39 is 0 Å². The first-order chi connectivity index (χ1) is 10.2. The van der Waals surface area contributed by atoms with Gasteiger partial charge in [-0.2, -0.15) is 0 Å². The minimum atomic E-state index is -0.187. The van der Waals surface area contributed by atoms with E-state index in [2.05, 4.69) is 4.90 Å². The Kier molecular flexibility index (Phi) is 4.91. The molecular weight excluding hydrogens is 263 g/mol. The van der Waals surface area contributed by atoms with Crippen LogP contribution in [0.5, 0.6) is 0 Å². The zero-order valence-electron chi connectivity index (χ0n) is 12.8. The first-order valence-electron chi connectivity index (χ1n) is 8.49. The number of likely N-dealkylation sites (tertiary alicyclic amines) is 1. The van der Waals surface area contributed by atoms with Gasteiger partial charge >= 0.3 is 0 Å². The maximum Gasteiger partial charge on any atom is 0.123 e. The second-order valence-electron chi connectivity index (χ2n) is 6.74. The van der Waals surface area contributed by atoms with Gasteiger partial charge in [-0.3, -0.25) is 0 Å². The molecule has 1 aromatic carbocycles. The maximum absolute atomic E-state index is 13.3. The lowest BCUT2D eigenvalue weighted by molar-refractivity contribution is 0.0586. The van der Waals surface area contributed by atoms with Crippen molar-refractivity contribution >= 4 is 0 Å². The van der Waals surface area contributed by atoms with Gasteiger partial charge in [0.2, 0.25) is 0 Å². The average Bonchev–Trinajstić information content (AvgIpc) is 2.52. The molecule has 0 radical (unpaired) electrons. The summed E-state index contributed by atoms with van der Waals surface area (Å²) in [6, 6.07) is 7.48. The highest BCUT2D eigenvalue weighted by molar-refractivity contribution is 5.19. The van der Waals surface area contributed by atoms with Gasteiger partial charge in [0, 0.05) is 18.6 Å². The highest BCUT2D eigenvalue weighted by atomic mass is 19.1. The van der Waals surface area contributed by atoms with E-state index in [0.29, 0.717) is 0 Å². The van der Waals surface area contributed by atoms with Crippen LogP contribution in [0.15, 0.2) is 24.3 Å². The van der Waals surface area contributed by atoms with E-state index in [9.17, 15) is 4.39 Å². The van der Waals surface area contributed by atoms with E-state index in [1.54, 1.807) is 12.1 Å². The van der Waals surface area contributed by atoms with Crippen LogP contribution in [0, 0.1) is 11.7 Å². The monoisotopic (exact) mass is 290 g/mol. The lowest BCUT2D eigenvalue weighted by Crippen LogP contribution is -2.47. The lowest BCUT2D eigenvalue weighted by Gasteiger charge is -2.44. The van der Waals surface area contributed by atoms with Gasteiger partial charge in [-0.25, -0.2) is 4.39 Å². The van der Waals surface area contributed by atoms with Gasteiger partial charge in [-0.15, -0.1) is 0 Å². The van der Waals surface area contributed by atoms with Gasteiger partial charge in [0.25, 0.3) is 0 Å². The molecule has 3 rings (SSSR count). The molecule has 2 nitrogen and oxygen atoms in total. The van der Waals surface area contributed by atoms with Crippen LogP contribution in [0.25, 0.3) is 0 Å². The average molecular weight is 290 g/mol. The molecule has 3 atom stereocenters. The molecule has 2 N–H and O–H groups in total. The van der Waals surface area contributed by atoms with E-state index >= 15 is 0 Å². The van der Waals surface area contributed by atoms with Crippen molar-refractivity contribution in [2.75, 3.05) is 13.1 Å². The lowest BCUT2D eigenvalue weighted by atomic mass is 9.78. The normalized spacial score (nSPS) is 28.1. The third kappa shape index (κ3) is 3.64. The van der Waals surface area contributed by atoms with E-state index in [0.717, 1.165) is 30.5 Å². The molecule has 3 unspecified atom stereocenters. The zero-order chi connectivity index (χ0) is 14.7. The highest BCUT2D eigenvalue weighted by Gasteiger charge is 2.32. The quantitative estimate of drug-likeness (QED) is 0.912. The predicted molar refractivity (Wildman–Crippen MR) is 84.5 cm³/mol. The van der Waals surface area contributed by atoms with Crippen molar-refractivity contribution in [3.8, 4) is 0 Å². The first kappa shape index (κ1) is 15.0. The van der Waals surface area contributed by atoms with Crippen LogP contribution < -0.4 is 5.73 Å². The Morgan fingerprint density at radius 2 is 2.00 bits per heavy atom. The molecule has 1 heterocycles. The van der Waals surface area contributed by atoms with Gasteiger partial charge in [-0.1, -0.05) is 25.0 Å². The summed E-state index contributed by atoms with van der Waals surface area (Å²) in [6.07, 6.45) is 9.24. The van der Waals surface area contributed by atoms with Crippen molar-refractivity contribution in [1.29, 1.82) is 0 Å². The number of rotatable bonds is 4. The number of hydrogen-bond acceptors (Lipinski definition) is 2.